The van der Waals surface area contributed by atoms with Crippen molar-refractivity contribution in [3.8, 4) is 0 Å². The molecule has 0 saturated heterocycles. The summed E-state index contributed by atoms with van der Waals surface area (Å²) < 4.78 is 4.95. The highest BCUT2D eigenvalue weighted by Crippen LogP contribution is 2.31. The zero-order valence-electron chi connectivity index (χ0n) is 9.02. The number of esters is 1. The van der Waals surface area contributed by atoms with Crippen LogP contribution in [0.2, 0.25) is 0 Å². The Morgan fingerprint density at radius 1 is 1.47 bits per heavy atom. The maximum atomic E-state index is 11.3. The SMILES string of the molecule is CCOC(=O)CC(C=C(Cl)Cl)C(C)(C)Cl. The minimum atomic E-state index is -0.595. The Kier molecular flexibility index (Phi) is 6.65. The normalized spacial score (nSPS) is 13.2. The van der Waals surface area contributed by atoms with Crippen LogP contribution in [0.3, 0.4) is 0 Å². The van der Waals surface area contributed by atoms with Gasteiger partial charge in [0.15, 0.2) is 0 Å². The van der Waals surface area contributed by atoms with Crippen LogP contribution in [0.15, 0.2) is 10.6 Å². The van der Waals surface area contributed by atoms with Crippen LogP contribution < -0.4 is 0 Å². The van der Waals surface area contributed by atoms with E-state index in [-0.39, 0.29) is 22.8 Å². The number of alkyl halides is 1. The van der Waals surface area contributed by atoms with Gasteiger partial charge in [-0.1, -0.05) is 23.2 Å². The largest absolute Gasteiger partial charge is 0.466 e. The summed E-state index contributed by atoms with van der Waals surface area (Å²) in [5.41, 5.74) is 0. The molecule has 1 atom stereocenters. The fraction of sp³-hybridized carbons (Fsp3) is 0.700. The third-order valence-corrected chi connectivity index (χ3v) is 2.43. The average Bonchev–Trinajstić information content (AvgIpc) is 2.00. The summed E-state index contributed by atoms with van der Waals surface area (Å²) in [5.74, 6) is -0.551. The van der Waals surface area contributed by atoms with E-state index in [4.69, 9.17) is 39.5 Å². The van der Waals surface area contributed by atoms with Crippen molar-refractivity contribution in [1.82, 2.24) is 0 Å². The number of hydrogen-bond acceptors (Lipinski definition) is 2. The standard InChI is InChI=1S/C10H15Cl3O2/c1-4-15-9(14)6-7(5-8(11)12)10(2,3)13/h5,7H,4,6H2,1-3H3. The summed E-state index contributed by atoms with van der Waals surface area (Å²) >= 11 is 17.2. The quantitative estimate of drug-likeness (QED) is 0.561. The summed E-state index contributed by atoms with van der Waals surface area (Å²) in [5, 5.41) is 0. The van der Waals surface area contributed by atoms with Gasteiger partial charge in [0.2, 0.25) is 0 Å². The number of rotatable bonds is 5. The van der Waals surface area contributed by atoms with Crippen molar-refractivity contribution in [2.75, 3.05) is 6.61 Å². The molecule has 0 aliphatic rings. The number of ether oxygens (including phenoxy) is 1. The lowest BCUT2D eigenvalue weighted by Gasteiger charge is -2.24. The predicted octanol–water partition coefficient (Wildman–Crippen LogP) is 3.89. The summed E-state index contributed by atoms with van der Waals surface area (Å²) in [6.45, 7) is 5.70. The van der Waals surface area contributed by atoms with Gasteiger partial charge in [-0.3, -0.25) is 4.79 Å². The average molecular weight is 274 g/mol. The van der Waals surface area contributed by atoms with Crippen LogP contribution in [-0.2, 0) is 9.53 Å². The van der Waals surface area contributed by atoms with Crippen molar-refractivity contribution in [2.45, 2.75) is 32.1 Å². The van der Waals surface area contributed by atoms with Gasteiger partial charge < -0.3 is 4.74 Å². The second-order valence-corrected chi connectivity index (χ2v) is 5.62. The van der Waals surface area contributed by atoms with E-state index in [1.807, 2.05) is 0 Å². The molecule has 1 unspecified atom stereocenters. The molecule has 0 saturated carbocycles. The summed E-state index contributed by atoms with van der Waals surface area (Å²) in [6, 6.07) is 0. The molecule has 0 aromatic heterocycles. The Morgan fingerprint density at radius 2 is 2.00 bits per heavy atom. The fourth-order valence-corrected chi connectivity index (χ4v) is 1.50. The van der Waals surface area contributed by atoms with Crippen LogP contribution in [0, 0.1) is 5.92 Å². The Bertz CT molecular complexity index is 240. The predicted molar refractivity (Wildman–Crippen MR) is 64.5 cm³/mol. The molecule has 5 heteroatoms. The zero-order chi connectivity index (χ0) is 12.1. The molecule has 0 fully saturated rings. The maximum absolute atomic E-state index is 11.3. The van der Waals surface area contributed by atoms with E-state index < -0.39 is 4.87 Å². The second-order valence-electron chi connectivity index (χ2n) is 3.64. The molecule has 0 bridgehead atoms. The van der Waals surface area contributed by atoms with Crippen molar-refractivity contribution in [1.29, 1.82) is 0 Å². The van der Waals surface area contributed by atoms with Crippen molar-refractivity contribution in [2.24, 2.45) is 5.92 Å². The van der Waals surface area contributed by atoms with Gasteiger partial charge in [0.05, 0.1) is 13.0 Å². The van der Waals surface area contributed by atoms with Crippen molar-refractivity contribution in [3.05, 3.63) is 10.6 Å². The number of allylic oxidation sites excluding steroid dienone is 1. The van der Waals surface area contributed by atoms with Crippen LogP contribution in [0.4, 0.5) is 0 Å². The molecule has 0 spiro atoms. The van der Waals surface area contributed by atoms with Gasteiger partial charge in [0.1, 0.15) is 4.49 Å². The van der Waals surface area contributed by atoms with Crippen LogP contribution in [0.1, 0.15) is 27.2 Å². The van der Waals surface area contributed by atoms with E-state index >= 15 is 0 Å². The van der Waals surface area contributed by atoms with E-state index in [1.54, 1.807) is 26.8 Å². The van der Waals surface area contributed by atoms with Crippen molar-refractivity contribution >= 4 is 40.8 Å². The minimum Gasteiger partial charge on any atom is -0.466 e. The third kappa shape index (κ3) is 7.04. The third-order valence-electron chi connectivity index (χ3n) is 1.90. The molecular formula is C10H15Cl3O2. The van der Waals surface area contributed by atoms with Crippen LogP contribution >= 0.6 is 34.8 Å². The molecule has 0 aromatic carbocycles. The molecular weight excluding hydrogens is 258 g/mol. The van der Waals surface area contributed by atoms with Gasteiger partial charge >= 0.3 is 5.97 Å². The Hall–Kier alpha value is 0.0800. The van der Waals surface area contributed by atoms with Gasteiger partial charge in [0, 0.05) is 10.8 Å². The van der Waals surface area contributed by atoms with Gasteiger partial charge in [-0.05, 0) is 26.8 Å². The fourth-order valence-electron chi connectivity index (χ4n) is 1.05. The first-order valence-corrected chi connectivity index (χ1v) is 5.78. The minimum absolute atomic E-state index is 0.109. The number of halogens is 3. The van der Waals surface area contributed by atoms with Gasteiger partial charge in [0.25, 0.3) is 0 Å². The van der Waals surface area contributed by atoms with Crippen molar-refractivity contribution < 1.29 is 9.53 Å². The molecule has 0 aromatic rings. The first-order valence-electron chi connectivity index (χ1n) is 4.64. The lowest BCUT2D eigenvalue weighted by atomic mass is 9.92. The lowest BCUT2D eigenvalue weighted by Crippen LogP contribution is -2.26. The summed E-state index contributed by atoms with van der Waals surface area (Å²) in [7, 11) is 0. The molecule has 15 heavy (non-hydrogen) atoms. The molecule has 0 radical (unpaired) electrons. The Labute approximate surface area is 106 Å². The molecule has 0 amide bonds. The first kappa shape index (κ1) is 15.1. The smallest absolute Gasteiger partial charge is 0.306 e. The molecule has 2 nitrogen and oxygen atoms in total. The van der Waals surface area contributed by atoms with Gasteiger partial charge in [-0.2, -0.15) is 0 Å². The molecule has 0 aliphatic heterocycles. The lowest BCUT2D eigenvalue weighted by molar-refractivity contribution is -0.144. The van der Waals surface area contributed by atoms with Crippen molar-refractivity contribution in [3.63, 3.8) is 0 Å². The van der Waals surface area contributed by atoms with Crippen LogP contribution in [0.25, 0.3) is 0 Å². The van der Waals surface area contributed by atoms with E-state index in [0.29, 0.717) is 6.61 Å². The van der Waals surface area contributed by atoms with E-state index in [9.17, 15) is 4.79 Å². The Morgan fingerprint density at radius 3 is 2.33 bits per heavy atom. The van der Waals surface area contributed by atoms with Crippen LogP contribution in [-0.4, -0.2) is 17.5 Å². The number of carbonyl (C=O) groups is 1. The molecule has 0 N–H and O–H groups in total. The maximum Gasteiger partial charge on any atom is 0.306 e. The van der Waals surface area contributed by atoms with E-state index in [2.05, 4.69) is 0 Å². The number of hydrogen-bond donors (Lipinski definition) is 0. The zero-order valence-corrected chi connectivity index (χ0v) is 11.3. The monoisotopic (exact) mass is 272 g/mol. The second kappa shape index (κ2) is 6.62. The highest BCUT2D eigenvalue weighted by atomic mass is 35.5. The molecule has 0 rings (SSSR count). The van der Waals surface area contributed by atoms with E-state index in [1.165, 1.54) is 0 Å². The highest BCUT2D eigenvalue weighted by Gasteiger charge is 2.28. The molecule has 88 valence electrons. The van der Waals surface area contributed by atoms with Gasteiger partial charge in [-0.15, -0.1) is 11.6 Å². The summed E-state index contributed by atoms with van der Waals surface area (Å²) in [6.07, 6.45) is 1.74. The molecule has 0 heterocycles. The number of carbonyl (C=O) groups excluding carboxylic acids is 1. The Balaban J connectivity index is 4.53. The van der Waals surface area contributed by atoms with Crippen LogP contribution in [0.5, 0.6) is 0 Å². The summed E-state index contributed by atoms with van der Waals surface area (Å²) in [4.78, 5) is 10.7. The molecule has 0 aliphatic carbocycles. The topological polar surface area (TPSA) is 26.3 Å². The highest BCUT2D eigenvalue weighted by molar-refractivity contribution is 6.55. The first-order chi connectivity index (χ1) is 6.77. The van der Waals surface area contributed by atoms with Gasteiger partial charge in [-0.25, -0.2) is 0 Å². The van der Waals surface area contributed by atoms with E-state index in [0.717, 1.165) is 0 Å².